The minimum absolute atomic E-state index is 0.0502. The van der Waals surface area contributed by atoms with Crippen LogP contribution < -0.4 is 11.1 Å². The number of carbonyl (C=O) groups is 1. The Morgan fingerprint density at radius 2 is 2.47 bits per heavy atom. The van der Waals surface area contributed by atoms with Gasteiger partial charge in [0.25, 0.3) is 0 Å². The van der Waals surface area contributed by atoms with Gasteiger partial charge in [-0.25, -0.2) is 0 Å². The molecule has 3 N–H and O–H groups in total. The summed E-state index contributed by atoms with van der Waals surface area (Å²) in [4.78, 5) is 11.1. The molecule has 1 heterocycles. The third kappa shape index (κ3) is 5.08. The zero-order valence-electron chi connectivity index (χ0n) is 8.43. The van der Waals surface area contributed by atoms with Gasteiger partial charge in [0.1, 0.15) is 6.61 Å². The van der Waals surface area contributed by atoms with Crippen molar-refractivity contribution in [3.63, 3.8) is 0 Å². The smallest absolute Gasteiger partial charge is 0.246 e. The molecule has 0 aromatic carbocycles. The number of hydrogen-bond acceptors (Lipinski definition) is 5. The summed E-state index contributed by atoms with van der Waals surface area (Å²) in [7, 11) is 0. The molecule has 0 bridgehead atoms. The topological polar surface area (TPSA) is 95.1 Å². The van der Waals surface area contributed by atoms with E-state index in [0.717, 1.165) is 0 Å². The van der Waals surface area contributed by atoms with Gasteiger partial charge in [0, 0.05) is 19.3 Å². The second kappa shape index (κ2) is 6.91. The molecule has 84 valence electrons. The molecule has 1 amide bonds. The number of rotatable bonds is 7. The predicted molar refractivity (Wildman–Crippen MR) is 52.9 cm³/mol. The van der Waals surface area contributed by atoms with Crippen LogP contribution in [0.2, 0.25) is 0 Å². The minimum atomic E-state index is -0.149. The highest BCUT2D eigenvalue weighted by atomic mass is 16.5. The number of carbonyl (C=O) groups excluding carboxylic acids is 1. The van der Waals surface area contributed by atoms with Crippen molar-refractivity contribution in [2.45, 2.75) is 6.54 Å². The van der Waals surface area contributed by atoms with Gasteiger partial charge in [-0.3, -0.25) is 9.48 Å². The highest BCUT2D eigenvalue weighted by Gasteiger charge is 1.99. The van der Waals surface area contributed by atoms with Gasteiger partial charge in [0.15, 0.2) is 0 Å². The van der Waals surface area contributed by atoms with Crippen molar-refractivity contribution in [2.24, 2.45) is 5.73 Å². The second-order valence-electron chi connectivity index (χ2n) is 2.86. The fraction of sp³-hybridized carbons (Fsp3) is 0.625. The molecule has 7 heteroatoms. The first-order chi connectivity index (χ1) is 7.33. The highest BCUT2D eigenvalue weighted by Crippen LogP contribution is 1.79. The van der Waals surface area contributed by atoms with E-state index in [1.54, 1.807) is 17.1 Å². The van der Waals surface area contributed by atoms with Crippen LogP contribution in [0.3, 0.4) is 0 Å². The molecule has 0 radical (unpaired) electrons. The molecule has 0 saturated heterocycles. The maximum Gasteiger partial charge on any atom is 0.246 e. The van der Waals surface area contributed by atoms with Crippen molar-refractivity contribution in [2.75, 3.05) is 26.3 Å². The van der Waals surface area contributed by atoms with Gasteiger partial charge in [0.05, 0.1) is 19.3 Å². The second-order valence-corrected chi connectivity index (χ2v) is 2.86. The summed E-state index contributed by atoms with van der Waals surface area (Å²) in [6, 6.07) is 0. The zero-order chi connectivity index (χ0) is 10.9. The minimum Gasteiger partial charge on any atom is -0.370 e. The number of nitrogens with zero attached hydrogens (tertiary/aromatic N) is 3. The maximum absolute atomic E-state index is 11.1. The molecule has 1 rings (SSSR count). The largest absolute Gasteiger partial charge is 0.370 e. The van der Waals surface area contributed by atoms with Crippen molar-refractivity contribution < 1.29 is 9.53 Å². The summed E-state index contributed by atoms with van der Waals surface area (Å²) < 4.78 is 6.60. The number of nitrogens with one attached hydrogen (secondary N) is 1. The van der Waals surface area contributed by atoms with Gasteiger partial charge in [-0.05, 0) is 0 Å². The van der Waals surface area contributed by atoms with Crippen molar-refractivity contribution >= 4 is 5.91 Å². The Kier molecular flexibility index (Phi) is 5.34. The molecule has 0 unspecified atom stereocenters. The van der Waals surface area contributed by atoms with Crippen LogP contribution in [0.15, 0.2) is 12.4 Å². The number of amides is 1. The summed E-state index contributed by atoms with van der Waals surface area (Å²) in [6.45, 7) is 1.98. The van der Waals surface area contributed by atoms with Crippen LogP contribution in [0, 0.1) is 0 Å². The monoisotopic (exact) mass is 213 g/mol. The van der Waals surface area contributed by atoms with E-state index in [0.29, 0.717) is 26.2 Å². The van der Waals surface area contributed by atoms with E-state index in [1.807, 2.05) is 0 Å². The summed E-state index contributed by atoms with van der Waals surface area (Å²) in [5.74, 6) is -0.149. The van der Waals surface area contributed by atoms with Gasteiger partial charge < -0.3 is 15.8 Å². The van der Waals surface area contributed by atoms with Crippen LogP contribution in [-0.4, -0.2) is 47.2 Å². The molecule has 1 aromatic rings. The lowest BCUT2D eigenvalue weighted by Crippen LogP contribution is -2.31. The molecule has 0 aliphatic rings. The number of hydrogen-bond donors (Lipinski definition) is 2. The predicted octanol–water partition coefficient (Wildman–Crippen LogP) is -1.63. The van der Waals surface area contributed by atoms with Crippen LogP contribution >= 0.6 is 0 Å². The Bertz CT molecular complexity index is 275. The van der Waals surface area contributed by atoms with Crippen LogP contribution in [0.4, 0.5) is 0 Å². The van der Waals surface area contributed by atoms with Crippen LogP contribution in [-0.2, 0) is 16.1 Å². The Labute approximate surface area is 87.6 Å². The lowest BCUT2D eigenvalue weighted by Gasteiger charge is -2.05. The SMILES string of the molecule is NCCOCC(=O)NCCn1ccnn1. The average molecular weight is 213 g/mol. The molecular formula is C8H15N5O2. The fourth-order valence-electron chi connectivity index (χ4n) is 0.961. The van der Waals surface area contributed by atoms with E-state index in [1.165, 1.54) is 0 Å². The summed E-state index contributed by atoms with van der Waals surface area (Å²) in [6.07, 6.45) is 3.32. The van der Waals surface area contributed by atoms with Crippen LogP contribution in [0.5, 0.6) is 0 Å². The summed E-state index contributed by atoms with van der Waals surface area (Å²) in [5.41, 5.74) is 5.20. The van der Waals surface area contributed by atoms with E-state index in [-0.39, 0.29) is 12.5 Å². The highest BCUT2D eigenvalue weighted by molar-refractivity contribution is 5.77. The summed E-state index contributed by atoms with van der Waals surface area (Å²) in [5, 5.41) is 10.1. The Balaban J connectivity index is 2.02. The molecule has 7 nitrogen and oxygen atoms in total. The molecule has 0 atom stereocenters. The number of aromatic nitrogens is 3. The van der Waals surface area contributed by atoms with Crippen molar-refractivity contribution in [3.05, 3.63) is 12.4 Å². The fourth-order valence-corrected chi connectivity index (χ4v) is 0.961. The van der Waals surface area contributed by atoms with E-state index >= 15 is 0 Å². The lowest BCUT2D eigenvalue weighted by molar-refractivity contribution is -0.125. The third-order valence-corrected chi connectivity index (χ3v) is 1.63. The van der Waals surface area contributed by atoms with Gasteiger partial charge in [0.2, 0.25) is 5.91 Å². The first kappa shape index (κ1) is 11.6. The molecule has 0 fully saturated rings. The zero-order valence-corrected chi connectivity index (χ0v) is 8.43. The van der Waals surface area contributed by atoms with Gasteiger partial charge >= 0.3 is 0 Å². The molecule has 0 aliphatic carbocycles. The molecule has 0 saturated carbocycles. The standard InChI is InChI=1S/C8H15N5O2/c9-1-6-15-7-8(14)10-2-4-13-5-3-11-12-13/h3,5H,1-2,4,6-7,9H2,(H,10,14). The molecular weight excluding hydrogens is 198 g/mol. The van der Waals surface area contributed by atoms with E-state index < -0.39 is 0 Å². The number of ether oxygens (including phenoxy) is 1. The normalized spacial score (nSPS) is 10.2. The van der Waals surface area contributed by atoms with E-state index in [2.05, 4.69) is 15.6 Å². The third-order valence-electron chi connectivity index (χ3n) is 1.63. The maximum atomic E-state index is 11.1. The Morgan fingerprint density at radius 3 is 3.13 bits per heavy atom. The molecule has 0 aliphatic heterocycles. The lowest BCUT2D eigenvalue weighted by atomic mass is 10.5. The molecule has 1 aromatic heterocycles. The first-order valence-electron chi connectivity index (χ1n) is 4.71. The van der Waals surface area contributed by atoms with Gasteiger partial charge in [-0.1, -0.05) is 5.21 Å². The van der Waals surface area contributed by atoms with E-state index in [9.17, 15) is 4.79 Å². The van der Waals surface area contributed by atoms with Crippen molar-refractivity contribution in [1.29, 1.82) is 0 Å². The molecule has 15 heavy (non-hydrogen) atoms. The molecule has 0 spiro atoms. The first-order valence-corrected chi connectivity index (χ1v) is 4.71. The summed E-state index contributed by atoms with van der Waals surface area (Å²) >= 11 is 0. The van der Waals surface area contributed by atoms with Crippen molar-refractivity contribution in [1.82, 2.24) is 20.3 Å². The van der Waals surface area contributed by atoms with Crippen molar-refractivity contribution in [3.8, 4) is 0 Å². The Morgan fingerprint density at radius 1 is 1.60 bits per heavy atom. The van der Waals surface area contributed by atoms with Gasteiger partial charge in [-0.2, -0.15) is 0 Å². The Hall–Kier alpha value is -1.47. The quantitative estimate of drug-likeness (QED) is 0.530. The van der Waals surface area contributed by atoms with Crippen LogP contribution in [0.25, 0.3) is 0 Å². The average Bonchev–Trinajstić information content (AvgIpc) is 2.71. The number of nitrogens with two attached hydrogens (primary N) is 1. The van der Waals surface area contributed by atoms with Crippen LogP contribution in [0.1, 0.15) is 0 Å². The van der Waals surface area contributed by atoms with E-state index in [4.69, 9.17) is 10.5 Å². The van der Waals surface area contributed by atoms with Gasteiger partial charge in [-0.15, -0.1) is 5.10 Å².